The third kappa shape index (κ3) is 3.90. The predicted octanol–water partition coefficient (Wildman–Crippen LogP) is 5.72. The van der Waals surface area contributed by atoms with E-state index < -0.39 is 5.90 Å². The van der Waals surface area contributed by atoms with Gasteiger partial charge in [0.2, 0.25) is 5.27 Å². The highest BCUT2D eigenvalue weighted by Gasteiger charge is 2.35. The van der Waals surface area contributed by atoms with Gasteiger partial charge in [0.05, 0.1) is 16.3 Å². The first-order valence-corrected chi connectivity index (χ1v) is 13.3. The molecule has 0 radical (unpaired) electrons. The predicted molar refractivity (Wildman–Crippen MR) is 148 cm³/mol. The molecule has 8 heteroatoms. The molecule has 7 nitrogen and oxygen atoms in total. The average Bonchev–Trinajstić information content (AvgIpc) is 3.59. The molecule has 0 spiro atoms. The van der Waals surface area contributed by atoms with Gasteiger partial charge in [0.25, 0.3) is 6.20 Å². The van der Waals surface area contributed by atoms with E-state index in [-0.39, 0.29) is 5.88 Å². The van der Waals surface area contributed by atoms with Crippen LogP contribution in [-0.4, -0.2) is 16.2 Å². The molecule has 0 unspecified atom stereocenters. The lowest BCUT2D eigenvalue weighted by atomic mass is 9.96. The van der Waals surface area contributed by atoms with E-state index in [9.17, 15) is 5.11 Å². The monoisotopic (exact) mass is 517 g/mol. The Morgan fingerprint density at radius 1 is 1.05 bits per heavy atom. The van der Waals surface area contributed by atoms with E-state index in [1.807, 2.05) is 18.2 Å². The minimum atomic E-state index is -0.467. The lowest BCUT2D eigenvalue weighted by Crippen LogP contribution is -2.32. The molecule has 3 aromatic heterocycles. The molecule has 6 aromatic rings. The molecule has 3 aromatic carbocycles. The van der Waals surface area contributed by atoms with E-state index in [4.69, 9.17) is 15.2 Å². The van der Waals surface area contributed by atoms with Gasteiger partial charge in [-0.05, 0) is 39.6 Å². The highest BCUT2D eigenvalue weighted by atomic mass is 32.1. The normalized spacial score (nSPS) is 14.0. The van der Waals surface area contributed by atoms with Gasteiger partial charge < -0.3 is 10.8 Å². The third-order valence-electron chi connectivity index (χ3n) is 6.93. The fourth-order valence-electron chi connectivity index (χ4n) is 4.79. The summed E-state index contributed by atoms with van der Waals surface area (Å²) in [6.07, 6.45) is 3.77. The average molecular weight is 518 g/mol. The summed E-state index contributed by atoms with van der Waals surface area (Å²) in [5.74, 6) is -0.298. The van der Waals surface area contributed by atoms with Gasteiger partial charge in [0, 0.05) is 29.7 Å². The number of fused-ring (bicyclic) bond motifs is 2. The lowest BCUT2D eigenvalue weighted by molar-refractivity contribution is -0.765. The molecule has 0 amide bonds. The van der Waals surface area contributed by atoms with Gasteiger partial charge in [0.15, 0.2) is 6.04 Å². The maximum absolute atomic E-state index is 13.3. The summed E-state index contributed by atoms with van der Waals surface area (Å²) in [5.41, 5.74) is 12.0. The van der Waals surface area contributed by atoms with Crippen molar-refractivity contribution in [2.24, 2.45) is 4.99 Å². The third-order valence-corrected chi connectivity index (χ3v) is 8.01. The first-order valence-electron chi connectivity index (χ1n) is 12.5. The number of rotatable bonds is 5. The molecule has 3 heterocycles. The van der Waals surface area contributed by atoms with Crippen molar-refractivity contribution in [3.05, 3.63) is 89.4 Å². The Kier molecular flexibility index (Phi) is 5.23. The molecule has 0 bridgehead atoms. The lowest BCUT2D eigenvalue weighted by Gasteiger charge is -2.11. The number of aryl methyl sites for hydroxylation is 1. The highest BCUT2D eigenvalue weighted by Crippen LogP contribution is 2.42. The SMILES string of the molecule is Cc1ccc(-c2cc(-c3cccc4ccccc34)nc3sc(/C([O-])=N/c4c[n+](C5CC5)no4)c(N)c23)cc1. The van der Waals surface area contributed by atoms with E-state index in [1.54, 1.807) is 10.9 Å². The van der Waals surface area contributed by atoms with E-state index in [0.717, 1.165) is 56.9 Å². The van der Waals surface area contributed by atoms with Crippen LogP contribution in [0, 0.1) is 6.92 Å². The van der Waals surface area contributed by atoms with E-state index in [1.165, 1.54) is 11.3 Å². The van der Waals surface area contributed by atoms with Crippen LogP contribution in [-0.2, 0) is 0 Å². The molecule has 38 heavy (non-hydrogen) atoms. The number of pyridine rings is 1. The van der Waals surface area contributed by atoms with Gasteiger partial charge in [-0.25, -0.2) is 9.98 Å². The summed E-state index contributed by atoms with van der Waals surface area (Å²) in [7, 11) is 0. The van der Waals surface area contributed by atoms with Crippen LogP contribution in [0.1, 0.15) is 29.3 Å². The quantitative estimate of drug-likeness (QED) is 0.179. The Hall–Kier alpha value is -4.56. The molecule has 2 N–H and O–H groups in total. The van der Waals surface area contributed by atoms with Crippen molar-refractivity contribution in [1.29, 1.82) is 0 Å². The summed E-state index contributed by atoms with van der Waals surface area (Å²) in [4.78, 5) is 10.2. The number of nitrogen functional groups attached to an aromatic ring is 1. The van der Waals surface area contributed by atoms with Gasteiger partial charge in [-0.1, -0.05) is 72.3 Å². The van der Waals surface area contributed by atoms with E-state index in [2.05, 4.69) is 71.8 Å². The Bertz CT molecular complexity index is 1860. The minimum absolute atomic E-state index is 0.168. The second-order valence-electron chi connectivity index (χ2n) is 9.64. The smallest absolute Gasteiger partial charge is 0.320 e. The van der Waals surface area contributed by atoms with Crippen molar-refractivity contribution >= 4 is 49.8 Å². The van der Waals surface area contributed by atoms with Crippen molar-refractivity contribution in [2.75, 3.05) is 5.73 Å². The molecule has 7 rings (SSSR count). The number of benzene rings is 3. The number of hydrogen-bond donors (Lipinski definition) is 1. The van der Waals surface area contributed by atoms with Crippen LogP contribution in [0.15, 0.2) is 88.5 Å². The standard InChI is InChI=1S/C30H23N5O2S/c1-17-9-11-19(12-10-17)23-15-24(22-8-4-6-18-5-2-3-7-21(18)22)32-30-26(23)27(31)28(38-30)29(36)33-25-16-35(34-37-25)20-13-14-20/h2-12,15-16,20H,13-14H2,1H3,(H2-,31,33,34,36). The van der Waals surface area contributed by atoms with Gasteiger partial charge in [-0.2, -0.15) is 0 Å². The Balaban J connectivity index is 1.43. The summed E-state index contributed by atoms with van der Waals surface area (Å²) < 4.78 is 6.98. The Labute approximate surface area is 222 Å². The van der Waals surface area contributed by atoms with Crippen molar-refractivity contribution in [3.8, 4) is 22.4 Å². The molecule has 0 aliphatic heterocycles. The van der Waals surface area contributed by atoms with E-state index >= 15 is 0 Å². The van der Waals surface area contributed by atoms with Crippen molar-refractivity contribution < 1.29 is 14.3 Å². The summed E-state index contributed by atoms with van der Waals surface area (Å²) in [6.45, 7) is 2.06. The van der Waals surface area contributed by atoms with Crippen molar-refractivity contribution in [3.63, 3.8) is 0 Å². The topological polar surface area (TPSA) is 104 Å². The van der Waals surface area contributed by atoms with Crippen LogP contribution in [0.4, 0.5) is 11.6 Å². The molecule has 1 fully saturated rings. The summed E-state index contributed by atoms with van der Waals surface area (Å²) in [6, 6.07) is 25.2. The summed E-state index contributed by atoms with van der Waals surface area (Å²) >= 11 is 1.25. The zero-order valence-corrected chi connectivity index (χ0v) is 21.4. The molecule has 0 atom stereocenters. The zero-order valence-electron chi connectivity index (χ0n) is 20.6. The van der Waals surface area contributed by atoms with Gasteiger partial charge in [-0.3, -0.25) is 4.52 Å². The first-order chi connectivity index (χ1) is 18.5. The van der Waals surface area contributed by atoms with Gasteiger partial charge >= 0.3 is 5.88 Å². The van der Waals surface area contributed by atoms with Crippen LogP contribution in [0.2, 0.25) is 0 Å². The maximum atomic E-state index is 13.3. The summed E-state index contributed by atoms with van der Waals surface area (Å²) in [5, 5.41) is 20.2. The van der Waals surface area contributed by atoms with Crippen LogP contribution < -0.4 is 15.5 Å². The second kappa shape index (κ2) is 8.78. The Morgan fingerprint density at radius 3 is 2.66 bits per heavy atom. The number of aliphatic imine (C=N–C) groups is 1. The number of nitrogens with two attached hydrogens (primary N) is 1. The van der Waals surface area contributed by atoms with E-state index in [0.29, 0.717) is 21.4 Å². The van der Waals surface area contributed by atoms with Crippen molar-refractivity contribution in [1.82, 2.24) is 10.3 Å². The number of thiophene rings is 1. The number of hydrogen-bond acceptors (Lipinski definition) is 7. The zero-order chi connectivity index (χ0) is 25.8. The molecule has 186 valence electrons. The molecule has 1 aliphatic carbocycles. The highest BCUT2D eigenvalue weighted by molar-refractivity contribution is 7.21. The number of aromatic nitrogens is 3. The molecular formula is C30H23N5O2S. The maximum Gasteiger partial charge on any atom is 0.320 e. The van der Waals surface area contributed by atoms with Crippen LogP contribution >= 0.6 is 11.3 Å². The fraction of sp³-hybridized carbons (Fsp3) is 0.133. The van der Waals surface area contributed by atoms with Crippen LogP contribution in [0.25, 0.3) is 43.4 Å². The van der Waals surface area contributed by atoms with Crippen LogP contribution in [0.3, 0.4) is 0 Å². The minimum Gasteiger partial charge on any atom is -0.857 e. The Morgan fingerprint density at radius 2 is 1.84 bits per heavy atom. The number of anilines is 1. The molecule has 1 aliphatic rings. The van der Waals surface area contributed by atoms with Crippen molar-refractivity contribution in [2.45, 2.75) is 25.8 Å². The second-order valence-corrected chi connectivity index (χ2v) is 10.6. The largest absolute Gasteiger partial charge is 0.857 e. The number of nitrogens with zero attached hydrogens (tertiary/aromatic N) is 4. The molecular weight excluding hydrogens is 494 g/mol. The fourth-order valence-corrected chi connectivity index (χ4v) is 5.79. The molecule has 0 saturated heterocycles. The van der Waals surface area contributed by atoms with Gasteiger partial charge in [0.1, 0.15) is 4.83 Å². The van der Waals surface area contributed by atoms with Crippen LogP contribution in [0.5, 0.6) is 0 Å². The molecule has 1 saturated carbocycles. The van der Waals surface area contributed by atoms with Gasteiger partial charge in [-0.15, -0.1) is 11.3 Å². The first kappa shape index (κ1) is 22.6.